The Hall–Kier alpha value is -3.54. The van der Waals surface area contributed by atoms with Crippen molar-refractivity contribution in [3.63, 3.8) is 0 Å². The largest absolute Gasteiger partial charge is 0.507 e. The summed E-state index contributed by atoms with van der Waals surface area (Å²) in [6.07, 6.45) is -4.40. The van der Waals surface area contributed by atoms with Crippen molar-refractivity contribution >= 4 is 0 Å². The van der Waals surface area contributed by atoms with Crippen molar-refractivity contribution in [3.8, 4) is 39.6 Å². The molecule has 1 aromatic heterocycles. The number of aromatic hydroxyl groups is 1. The molecule has 4 aromatic rings. The van der Waals surface area contributed by atoms with Crippen LogP contribution >= 0.6 is 0 Å². The Morgan fingerprint density at radius 3 is 2.14 bits per heavy atom. The number of benzene rings is 3. The molecule has 0 spiro atoms. The van der Waals surface area contributed by atoms with Crippen LogP contribution in [-0.4, -0.2) is 10.1 Å². The average Bonchev–Trinajstić information content (AvgIpc) is 3.10. The number of hydrogen-bond donors (Lipinski definition) is 1. The summed E-state index contributed by atoms with van der Waals surface area (Å²) in [5.74, 6) is 0.691. The van der Waals surface area contributed by atoms with Gasteiger partial charge in [-0.2, -0.15) is 13.2 Å². The first kappa shape index (κ1) is 18.8. The first-order chi connectivity index (χ1) is 13.8. The van der Waals surface area contributed by atoms with Crippen LogP contribution in [0.15, 0.2) is 77.2 Å². The Bertz CT molecular complexity index is 1150. The number of aromatic nitrogens is 1. The first-order valence-electron chi connectivity index (χ1n) is 8.87. The predicted octanol–water partition coefficient (Wildman–Crippen LogP) is 6.71. The molecule has 0 atom stereocenters. The highest BCUT2D eigenvalue weighted by Crippen LogP contribution is 2.37. The zero-order chi connectivity index (χ0) is 20.6. The molecule has 0 bridgehead atoms. The van der Waals surface area contributed by atoms with Gasteiger partial charge in [-0.05, 0) is 54.4 Å². The van der Waals surface area contributed by atoms with Gasteiger partial charge in [0.1, 0.15) is 17.2 Å². The van der Waals surface area contributed by atoms with E-state index in [1.165, 1.54) is 12.1 Å². The van der Waals surface area contributed by atoms with Gasteiger partial charge in [0.05, 0.1) is 5.56 Å². The Kier molecular flexibility index (Phi) is 4.62. The number of phenols is 1. The maximum absolute atomic E-state index is 12.8. The maximum Gasteiger partial charge on any atom is 0.416 e. The van der Waals surface area contributed by atoms with Crippen molar-refractivity contribution in [2.75, 3.05) is 0 Å². The molecular formula is C23H16F3NO2. The van der Waals surface area contributed by atoms with Crippen LogP contribution in [0.2, 0.25) is 0 Å². The molecule has 0 saturated carbocycles. The Morgan fingerprint density at radius 2 is 1.48 bits per heavy atom. The van der Waals surface area contributed by atoms with E-state index in [2.05, 4.69) is 4.98 Å². The summed E-state index contributed by atoms with van der Waals surface area (Å²) < 4.78 is 44.0. The molecule has 0 amide bonds. The van der Waals surface area contributed by atoms with Crippen LogP contribution in [0.3, 0.4) is 0 Å². The van der Waals surface area contributed by atoms with Crippen LogP contribution in [-0.2, 0) is 6.18 Å². The quantitative estimate of drug-likeness (QED) is 0.419. The van der Waals surface area contributed by atoms with Gasteiger partial charge in [-0.1, -0.05) is 36.4 Å². The number of aryl methyl sites for hydroxylation is 1. The molecule has 29 heavy (non-hydrogen) atoms. The fraction of sp³-hybridized carbons (Fsp3) is 0.0870. The number of alkyl halides is 3. The van der Waals surface area contributed by atoms with E-state index < -0.39 is 11.7 Å². The third kappa shape index (κ3) is 3.74. The second-order valence-corrected chi connectivity index (χ2v) is 6.60. The van der Waals surface area contributed by atoms with Gasteiger partial charge in [0, 0.05) is 11.1 Å². The summed E-state index contributed by atoms with van der Waals surface area (Å²) in [6, 6.07) is 19.5. The third-order valence-electron chi connectivity index (χ3n) is 4.61. The van der Waals surface area contributed by atoms with Crippen LogP contribution in [0.4, 0.5) is 13.2 Å². The van der Waals surface area contributed by atoms with E-state index in [0.29, 0.717) is 22.6 Å². The number of hydrogen-bond acceptors (Lipinski definition) is 3. The lowest BCUT2D eigenvalue weighted by molar-refractivity contribution is -0.137. The fourth-order valence-corrected chi connectivity index (χ4v) is 3.11. The van der Waals surface area contributed by atoms with E-state index in [1.807, 2.05) is 36.4 Å². The second kappa shape index (κ2) is 7.13. The lowest BCUT2D eigenvalue weighted by atomic mass is 10.0. The molecule has 3 aromatic carbocycles. The molecule has 0 aliphatic rings. The number of halogens is 3. The molecular weight excluding hydrogens is 379 g/mol. The van der Waals surface area contributed by atoms with Gasteiger partial charge in [0.15, 0.2) is 0 Å². The van der Waals surface area contributed by atoms with Crippen LogP contribution in [0.25, 0.3) is 33.8 Å². The van der Waals surface area contributed by atoms with Gasteiger partial charge < -0.3 is 9.52 Å². The van der Waals surface area contributed by atoms with Gasteiger partial charge in [-0.3, -0.25) is 0 Å². The predicted molar refractivity (Wildman–Crippen MR) is 104 cm³/mol. The molecule has 0 saturated heterocycles. The summed E-state index contributed by atoms with van der Waals surface area (Å²) in [6.45, 7) is 1.70. The van der Waals surface area contributed by atoms with Gasteiger partial charge >= 0.3 is 6.18 Å². The zero-order valence-electron chi connectivity index (χ0n) is 15.4. The molecule has 0 radical (unpaired) electrons. The Morgan fingerprint density at radius 1 is 0.828 bits per heavy atom. The maximum atomic E-state index is 12.8. The minimum Gasteiger partial charge on any atom is -0.507 e. The molecule has 146 valence electrons. The van der Waals surface area contributed by atoms with E-state index in [1.54, 1.807) is 19.1 Å². The van der Waals surface area contributed by atoms with Gasteiger partial charge in [0.25, 0.3) is 0 Å². The van der Waals surface area contributed by atoms with Crippen LogP contribution < -0.4 is 0 Å². The smallest absolute Gasteiger partial charge is 0.416 e. The number of phenolic OH excluding ortho intramolecular Hbond substituents is 1. The van der Waals surface area contributed by atoms with Crippen LogP contribution in [0.1, 0.15) is 11.3 Å². The molecule has 4 rings (SSSR count). The number of oxazole rings is 1. The molecule has 0 aliphatic carbocycles. The molecule has 0 unspecified atom stereocenters. The topological polar surface area (TPSA) is 46.3 Å². The highest BCUT2D eigenvalue weighted by Gasteiger charge is 2.30. The second-order valence-electron chi connectivity index (χ2n) is 6.60. The van der Waals surface area contributed by atoms with E-state index >= 15 is 0 Å². The van der Waals surface area contributed by atoms with Crippen molar-refractivity contribution < 1.29 is 22.7 Å². The van der Waals surface area contributed by atoms with Gasteiger partial charge in [-0.15, -0.1) is 0 Å². The van der Waals surface area contributed by atoms with Crippen molar-refractivity contribution in [3.05, 3.63) is 84.1 Å². The number of rotatable bonds is 3. The minimum atomic E-state index is -4.40. The highest BCUT2D eigenvalue weighted by atomic mass is 19.4. The summed E-state index contributed by atoms with van der Waals surface area (Å²) in [7, 11) is 0. The Labute approximate surface area is 165 Å². The summed E-state index contributed by atoms with van der Waals surface area (Å²) in [5.41, 5.74) is 2.50. The fourth-order valence-electron chi connectivity index (χ4n) is 3.11. The normalized spacial score (nSPS) is 11.6. The lowest BCUT2D eigenvalue weighted by Crippen LogP contribution is -2.03. The van der Waals surface area contributed by atoms with Gasteiger partial charge in [-0.25, -0.2) is 4.98 Å². The standard InChI is InChI=1S/C23H16F3NO2/c1-14-21(19-13-17(9-12-20(19)28)15-5-3-2-4-6-15)27-22(29-14)16-7-10-18(11-8-16)23(24,25)26/h2-13,28H,1H3. The van der Waals surface area contributed by atoms with Crippen LogP contribution in [0.5, 0.6) is 5.75 Å². The first-order valence-corrected chi connectivity index (χ1v) is 8.87. The highest BCUT2D eigenvalue weighted by molar-refractivity contribution is 5.77. The van der Waals surface area contributed by atoms with Crippen LogP contribution in [0, 0.1) is 6.92 Å². The molecule has 1 heterocycles. The van der Waals surface area contributed by atoms with Crippen molar-refractivity contribution in [2.24, 2.45) is 0 Å². The van der Waals surface area contributed by atoms with E-state index in [4.69, 9.17) is 4.42 Å². The van der Waals surface area contributed by atoms with E-state index in [0.717, 1.165) is 23.3 Å². The zero-order valence-corrected chi connectivity index (χ0v) is 15.4. The molecule has 3 nitrogen and oxygen atoms in total. The monoisotopic (exact) mass is 395 g/mol. The minimum absolute atomic E-state index is 0.0417. The van der Waals surface area contributed by atoms with Gasteiger partial charge in [0.2, 0.25) is 5.89 Å². The SMILES string of the molecule is Cc1oc(-c2ccc(C(F)(F)F)cc2)nc1-c1cc(-c2ccccc2)ccc1O. The summed E-state index contributed by atoms with van der Waals surface area (Å²) >= 11 is 0. The number of nitrogens with zero attached hydrogens (tertiary/aromatic N) is 1. The molecule has 6 heteroatoms. The Balaban J connectivity index is 1.73. The van der Waals surface area contributed by atoms with E-state index in [-0.39, 0.29) is 11.6 Å². The van der Waals surface area contributed by atoms with Crippen molar-refractivity contribution in [1.82, 2.24) is 4.98 Å². The molecule has 1 N–H and O–H groups in total. The van der Waals surface area contributed by atoms with Crippen molar-refractivity contribution in [2.45, 2.75) is 13.1 Å². The lowest BCUT2D eigenvalue weighted by Gasteiger charge is -2.07. The average molecular weight is 395 g/mol. The summed E-state index contributed by atoms with van der Waals surface area (Å²) in [4.78, 5) is 4.43. The van der Waals surface area contributed by atoms with E-state index in [9.17, 15) is 18.3 Å². The van der Waals surface area contributed by atoms with Crippen molar-refractivity contribution in [1.29, 1.82) is 0 Å². The third-order valence-corrected chi connectivity index (χ3v) is 4.61. The summed E-state index contributed by atoms with van der Waals surface area (Å²) in [5, 5.41) is 10.4. The molecule has 0 fully saturated rings. The molecule has 0 aliphatic heterocycles.